The van der Waals surface area contributed by atoms with Crippen LogP contribution in [0.3, 0.4) is 0 Å². The summed E-state index contributed by atoms with van der Waals surface area (Å²) in [6, 6.07) is 12.6. The fourth-order valence-corrected chi connectivity index (χ4v) is 3.22. The monoisotopic (exact) mass is 325 g/mol. The molecule has 0 saturated heterocycles. The summed E-state index contributed by atoms with van der Waals surface area (Å²) in [5.74, 6) is 0. The number of rotatable bonds is 5. The van der Waals surface area contributed by atoms with Crippen LogP contribution in [0.2, 0.25) is 0 Å². The van der Waals surface area contributed by atoms with E-state index in [0.29, 0.717) is 6.04 Å². The Morgan fingerprint density at radius 2 is 2.06 bits per heavy atom. The van der Waals surface area contributed by atoms with E-state index in [4.69, 9.17) is 5.11 Å². The lowest BCUT2D eigenvalue weighted by molar-refractivity contribution is 0.281. The summed E-state index contributed by atoms with van der Waals surface area (Å²) in [6.07, 6.45) is 0. The minimum absolute atomic E-state index is 0.0985. The summed E-state index contributed by atoms with van der Waals surface area (Å²) < 4.78 is 1.16. The van der Waals surface area contributed by atoms with Crippen LogP contribution in [0, 0.1) is 0 Å². The number of benzene rings is 1. The topological polar surface area (TPSA) is 32.3 Å². The van der Waals surface area contributed by atoms with Crippen LogP contribution in [0.15, 0.2) is 40.2 Å². The molecule has 1 atom stereocenters. The zero-order valence-electron chi connectivity index (χ0n) is 10.2. The van der Waals surface area contributed by atoms with Crippen molar-refractivity contribution in [3.8, 4) is 0 Å². The van der Waals surface area contributed by atoms with Gasteiger partial charge in [-0.3, -0.25) is 0 Å². The molecule has 0 radical (unpaired) electrons. The number of hydrogen-bond acceptors (Lipinski definition) is 3. The average molecular weight is 326 g/mol. The van der Waals surface area contributed by atoms with E-state index in [2.05, 4.69) is 46.4 Å². The van der Waals surface area contributed by atoms with E-state index in [0.717, 1.165) is 15.9 Å². The Labute approximate surface area is 120 Å². The molecule has 1 aromatic heterocycles. The predicted molar refractivity (Wildman–Crippen MR) is 79.6 cm³/mol. The highest BCUT2D eigenvalue weighted by Gasteiger charge is 2.07. The molecule has 0 saturated carbocycles. The maximum atomic E-state index is 9.10. The first-order chi connectivity index (χ1) is 8.69. The standard InChI is InChI=1S/C14H16BrNOS/c1-10(13-5-6-14(15)18-13)16-8-11-3-2-4-12(7-11)9-17/h2-7,10,16-17H,8-9H2,1H3. The summed E-state index contributed by atoms with van der Waals surface area (Å²) in [5, 5.41) is 12.6. The van der Waals surface area contributed by atoms with Crippen LogP contribution in [0.25, 0.3) is 0 Å². The van der Waals surface area contributed by atoms with Crippen LogP contribution in [-0.2, 0) is 13.2 Å². The third-order valence-electron chi connectivity index (χ3n) is 2.81. The van der Waals surface area contributed by atoms with Gasteiger partial charge in [-0.1, -0.05) is 24.3 Å². The zero-order chi connectivity index (χ0) is 13.0. The molecule has 0 bridgehead atoms. The number of aliphatic hydroxyl groups excluding tert-OH is 1. The van der Waals surface area contributed by atoms with Gasteiger partial charge in [0.1, 0.15) is 0 Å². The van der Waals surface area contributed by atoms with Crippen molar-refractivity contribution in [2.75, 3.05) is 0 Å². The highest BCUT2D eigenvalue weighted by molar-refractivity contribution is 9.11. The molecule has 4 heteroatoms. The Balaban J connectivity index is 1.94. The van der Waals surface area contributed by atoms with Gasteiger partial charge in [0, 0.05) is 17.5 Å². The maximum absolute atomic E-state index is 9.10. The van der Waals surface area contributed by atoms with Gasteiger partial charge in [-0.2, -0.15) is 0 Å². The van der Waals surface area contributed by atoms with Gasteiger partial charge in [0.15, 0.2) is 0 Å². The predicted octanol–water partition coefficient (Wildman–Crippen LogP) is 3.85. The van der Waals surface area contributed by atoms with Gasteiger partial charge in [-0.05, 0) is 46.1 Å². The molecule has 0 aliphatic rings. The number of halogens is 1. The Morgan fingerprint density at radius 1 is 1.28 bits per heavy atom. The first-order valence-electron chi connectivity index (χ1n) is 5.86. The summed E-state index contributed by atoms with van der Waals surface area (Å²) in [6.45, 7) is 3.07. The van der Waals surface area contributed by atoms with Crippen molar-refractivity contribution in [3.63, 3.8) is 0 Å². The second kappa shape index (κ2) is 6.48. The normalized spacial score (nSPS) is 12.6. The minimum Gasteiger partial charge on any atom is -0.392 e. The highest BCUT2D eigenvalue weighted by Crippen LogP contribution is 2.27. The summed E-state index contributed by atoms with van der Waals surface area (Å²) in [7, 11) is 0. The van der Waals surface area contributed by atoms with Crippen molar-refractivity contribution in [1.82, 2.24) is 5.32 Å². The first-order valence-corrected chi connectivity index (χ1v) is 7.47. The molecule has 2 aromatic rings. The van der Waals surface area contributed by atoms with Crippen molar-refractivity contribution in [1.29, 1.82) is 0 Å². The zero-order valence-corrected chi connectivity index (χ0v) is 12.6. The van der Waals surface area contributed by atoms with Crippen molar-refractivity contribution in [3.05, 3.63) is 56.2 Å². The van der Waals surface area contributed by atoms with E-state index in [1.54, 1.807) is 11.3 Å². The second-order valence-corrected chi connectivity index (χ2v) is 6.72. The Kier molecular flexibility index (Phi) is 4.95. The van der Waals surface area contributed by atoms with E-state index in [9.17, 15) is 0 Å². The highest BCUT2D eigenvalue weighted by atomic mass is 79.9. The number of thiophene rings is 1. The van der Waals surface area contributed by atoms with Crippen LogP contribution in [0.4, 0.5) is 0 Å². The van der Waals surface area contributed by atoms with Gasteiger partial charge in [0.05, 0.1) is 10.4 Å². The third kappa shape index (κ3) is 3.65. The molecule has 0 amide bonds. The lowest BCUT2D eigenvalue weighted by Gasteiger charge is -2.12. The Hall–Kier alpha value is -0.680. The summed E-state index contributed by atoms with van der Waals surface area (Å²) in [4.78, 5) is 1.32. The maximum Gasteiger partial charge on any atom is 0.0701 e. The van der Waals surface area contributed by atoms with Gasteiger partial charge in [-0.15, -0.1) is 11.3 Å². The van der Waals surface area contributed by atoms with Crippen LogP contribution < -0.4 is 5.32 Å². The molecular formula is C14H16BrNOS. The van der Waals surface area contributed by atoms with Crippen LogP contribution in [0.1, 0.15) is 29.0 Å². The molecule has 2 rings (SSSR count). The number of hydrogen-bond donors (Lipinski definition) is 2. The van der Waals surface area contributed by atoms with Crippen molar-refractivity contribution in [2.45, 2.75) is 26.1 Å². The van der Waals surface area contributed by atoms with E-state index in [-0.39, 0.29) is 6.61 Å². The molecule has 0 spiro atoms. The summed E-state index contributed by atoms with van der Waals surface area (Å²) >= 11 is 5.23. The largest absolute Gasteiger partial charge is 0.392 e. The molecule has 2 N–H and O–H groups in total. The van der Waals surface area contributed by atoms with E-state index >= 15 is 0 Å². The molecule has 1 unspecified atom stereocenters. The lowest BCUT2D eigenvalue weighted by atomic mass is 10.1. The molecule has 18 heavy (non-hydrogen) atoms. The van der Waals surface area contributed by atoms with Crippen LogP contribution >= 0.6 is 27.3 Å². The minimum atomic E-state index is 0.0985. The molecule has 0 aliphatic carbocycles. The van der Waals surface area contributed by atoms with Gasteiger partial charge >= 0.3 is 0 Å². The molecule has 0 aliphatic heterocycles. The second-order valence-electron chi connectivity index (χ2n) is 4.22. The van der Waals surface area contributed by atoms with Crippen molar-refractivity contribution < 1.29 is 5.11 Å². The SMILES string of the molecule is CC(NCc1cccc(CO)c1)c1ccc(Br)s1. The van der Waals surface area contributed by atoms with Crippen molar-refractivity contribution >= 4 is 27.3 Å². The molecule has 0 fully saturated rings. The van der Waals surface area contributed by atoms with Gasteiger partial charge < -0.3 is 10.4 Å². The van der Waals surface area contributed by atoms with Gasteiger partial charge in [-0.25, -0.2) is 0 Å². The molecular weight excluding hydrogens is 310 g/mol. The fourth-order valence-electron chi connectivity index (χ4n) is 1.77. The van der Waals surface area contributed by atoms with E-state index in [1.807, 2.05) is 18.2 Å². The van der Waals surface area contributed by atoms with Crippen LogP contribution in [-0.4, -0.2) is 5.11 Å². The third-order valence-corrected chi connectivity index (χ3v) is 4.61. The Bertz CT molecular complexity index is 512. The quantitative estimate of drug-likeness (QED) is 0.875. The first kappa shape index (κ1) is 13.7. The van der Waals surface area contributed by atoms with Crippen LogP contribution in [0.5, 0.6) is 0 Å². The molecule has 1 aromatic carbocycles. The van der Waals surface area contributed by atoms with Gasteiger partial charge in [0.2, 0.25) is 0 Å². The van der Waals surface area contributed by atoms with Crippen molar-refractivity contribution in [2.24, 2.45) is 0 Å². The molecule has 1 heterocycles. The number of aliphatic hydroxyl groups is 1. The van der Waals surface area contributed by atoms with E-state index < -0.39 is 0 Å². The lowest BCUT2D eigenvalue weighted by Crippen LogP contribution is -2.17. The summed E-state index contributed by atoms with van der Waals surface area (Å²) in [5.41, 5.74) is 2.16. The molecule has 2 nitrogen and oxygen atoms in total. The number of nitrogens with one attached hydrogen (secondary N) is 1. The van der Waals surface area contributed by atoms with Gasteiger partial charge in [0.25, 0.3) is 0 Å². The Morgan fingerprint density at radius 3 is 2.72 bits per heavy atom. The fraction of sp³-hybridized carbons (Fsp3) is 0.286. The van der Waals surface area contributed by atoms with E-state index in [1.165, 1.54) is 10.4 Å². The smallest absolute Gasteiger partial charge is 0.0701 e. The molecule has 96 valence electrons. The average Bonchev–Trinajstić information content (AvgIpc) is 2.83.